The van der Waals surface area contributed by atoms with Crippen LogP contribution in [0.3, 0.4) is 0 Å². The van der Waals surface area contributed by atoms with Gasteiger partial charge >= 0.3 is 5.91 Å². The lowest BCUT2D eigenvalue weighted by molar-refractivity contribution is 0.0992. The van der Waals surface area contributed by atoms with Crippen LogP contribution in [0.5, 0.6) is 5.75 Å². The van der Waals surface area contributed by atoms with Crippen molar-refractivity contribution in [3.63, 3.8) is 0 Å². The number of hydrogen-bond donors (Lipinski definition) is 3. The van der Waals surface area contributed by atoms with Gasteiger partial charge in [-0.1, -0.05) is 29.8 Å². The Hall–Kier alpha value is -4.26. The Balaban J connectivity index is 1.56. The zero-order valence-electron chi connectivity index (χ0n) is 21.2. The molecule has 0 spiro atoms. The highest BCUT2D eigenvalue weighted by atomic mass is 35.5. The standard InChI is InChI=1S/C26H23ClN8O4S/c1-39-19-9-10-20(27)23(14-19)30-24-25(31-22-8-3-2-7-21(22)29-24)35(40(37)38)18-6-4-5-16(13-18)26(36)33-34-32-17-11-12-28-15-17/h2-10,13-14,17,28H,11-12,15H2,1H3,(H-,29,30,37,38)/p+1. The highest BCUT2D eigenvalue weighted by Crippen LogP contribution is 2.36. The molecule has 40 heavy (non-hydrogen) atoms. The lowest BCUT2D eigenvalue weighted by Crippen LogP contribution is -2.22. The highest BCUT2D eigenvalue weighted by Gasteiger charge is 2.25. The number of hydrogen-bond acceptors (Lipinski definition) is 8. The van der Waals surface area contributed by atoms with Crippen molar-refractivity contribution in [3.8, 4) is 5.75 Å². The van der Waals surface area contributed by atoms with Crippen molar-refractivity contribution in [2.75, 3.05) is 29.8 Å². The minimum atomic E-state index is -2.61. The van der Waals surface area contributed by atoms with Crippen LogP contribution in [-0.4, -0.2) is 50.9 Å². The molecule has 1 saturated heterocycles. The molecule has 2 heterocycles. The van der Waals surface area contributed by atoms with Gasteiger partial charge in [-0.05, 0) is 55.4 Å². The molecule has 3 aromatic carbocycles. The smallest absolute Gasteiger partial charge is 0.360 e. The second kappa shape index (κ2) is 12.3. The summed E-state index contributed by atoms with van der Waals surface area (Å²) in [4.78, 5) is 25.7. The first-order valence-electron chi connectivity index (χ1n) is 12.2. The molecule has 3 N–H and O–H groups in total. The Morgan fingerprint density at radius 1 is 1.18 bits per heavy atom. The summed E-state index contributed by atoms with van der Waals surface area (Å²) in [7, 11) is 1.53. The number of fused-ring (bicyclic) bond motifs is 1. The van der Waals surface area contributed by atoms with E-state index in [1.165, 1.54) is 19.2 Å². The van der Waals surface area contributed by atoms with E-state index in [9.17, 15) is 13.6 Å². The summed E-state index contributed by atoms with van der Waals surface area (Å²) in [6.45, 7) is 1.52. The van der Waals surface area contributed by atoms with E-state index >= 15 is 0 Å². The van der Waals surface area contributed by atoms with E-state index in [4.69, 9.17) is 16.3 Å². The predicted octanol–water partition coefficient (Wildman–Crippen LogP) is 4.78. The molecule has 1 aromatic heterocycles. The van der Waals surface area contributed by atoms with Crippen molar-refractivity contribution >= 4 is 62.8 Å². The Morgan fingerprint density at radius 3 is 2.70 bits per heavy atom. The van der Waals surface area contributed by atoms with Gasteiger partial charge in [0.1, 0.15) is 16.9 Å². The average molecular weight is 580 g/mol. The number of amides is 1. The van der Waals surface area contributed by atoms with Crippen LogP contribution in [0.15, 0.2) is 77.0 Å². The second-order valence-electron chi connectivity index (χ2n) is 8.69. The quantitative estimate of drug-likeness (QED) is 0.153. The fourth-order valence-electron chi connectivity index (χ4n) is 4.06. The highest BCUT2D eigenvalue weighted by molar-refractivity contribution is 7.81. The van der Waals surface area contributed by atoms with Crippen molar-refractivity contribution in [1.29, 1.82) is 0 Å². The van der Waals surface area contributed by atoms with Gasteiger partial charge in [0.15, 0.2) is 11.6 Å². The molecule has 1 fully saturated rings. The number of ether oxygens (including phenoxy) is 1. The van der Waals surface area contributed by atoms with Crippen molar-refractivity contribution in [2.24, 2.45) is 10.2 Å². The Kier molecular flexibility index (Phi) is 8.39. The molecule has 0 aliphatic carbocycles. The zero-order chi connectivity index (χ0) is 28.1. The average Bonchev–Trinajstić information content (AvgIpc) is 3.48. The minimum Gasteiger partial charge on any atom is -0.497 e. The second-order valence-corrected chi connectivity index (χ2v) is 9.92. The maximum atomic E-state index is 12.8. The number of para-hydroxylation sites is 2. The van der Waals surface area contributed by atoms with Crippen molar-refractivity contribution in [1.82, 2.24) is 20.2 Å². The Labute approximate surface area is 236 Å². The molecule has 14 heteroatoms. The molecule has 12 nitrogen and oxygen atoms in total. The number of aromatic nitrogens is 2. The fraction of sp³-hybridized carbons (Fsp3) is 0.192. The van der Waals surface area contributed by atoms with E-state index in [1.54, 1.807) is 54.6 Å². The first-order valence-corrected chi connectivity index (χ1v) is 13.6. The fourth-order valence-corrected chi connectivity index (χ4v) is 4.79. The van der Waals surface area contributed by atoms with Gasteiger partial charge in [-0.15, -0.1) is 0 Å². The Morgan fingerprint density at radius 2 is 1.98 bits per heavy atom. The normalized spacial score (nSPS) is 15.2. The van der Waals surface area contributed by atoms with Crippen LogP contribution >= 0.6 is 11.6 Å². The number of halogens is 1. The van der Waals surface area contributed by atoms with Gasteiger partial charge in [0, 0.05) is 12.6 Å². The topological polar surface area (TPSA) is 156 Å². The van der Waals surface area contributed by atoms with E-state index in [0.29, 0.717) is 34.0 Å². The van der Waals surface area contributed by atoms with Gasteiger partial charge in [-0.2, -0.15) is 0 Å². The number of carbonyl (C=O) groups excluding carboxylic acids is 1. The monoisotopic (exact) mass is 579 g/mol. The molecular weight excluding hydrogens is 556 g/mol. The summed E-state index contributed by atoms with van der Waals surface area (Å²) >= 11 is 3.80. The third-order valence-electron chi connectivity index (χ3n) is 6.04. The molecule has 0 radical (unpaired) electrons. The summed E-state index contributed by atoms with van der Waals surface area (Å²) in [5.74, 6) is 0.0671. The number of anilines is 4. The van der Waals surface area contributed by atoms with Gasteiger partial charge in [0.25, 0.3) is 11.3 Å². The number of methoxy groups -OCH3 is 1. The van der Waals surface area contributed by atoms with E-state index in [0.717, 1.165) is 17.3 Å². The number of carbonyl (C=O) groups is 1. The largest absolute Gasteiger partial charge is 0.497 e. The van der Waals surface area contributed by atoms with Crippen LogP contribution in [0.1, 0.15) is 16.8 Å². The number of nitrogens with one attached hydrogen (secondary N) is 2. The number of rotatable bonds is 8. The molecule has 5 rings (SSSR count). The number of benzene rings is 3. The van der Waals surface area contributed by atoms with Gasteiger partial charge in [0.05, 0.1) is 40.1 Å². The van der Waals surface area contributed by atoms with E-state index in [2.05, 4.69) is 35.7 Å². The van der Waals surface area contributed by atoms with Crippen LogP contribution in [0, 0.1) is 0 Å². The molecule has 1 amide bonds. The van der Waals surface area contributed by atoms with Crippen LogP contribution < -0.4 is 24.6 Å². The molecule has 1 aliphatic heterocycles. The zero-order valence-corrected chi connectivity index (χ0v) is 22.8. The third kappa shape index (κ3) is 6.14. The van der Waals surface area contributed by atoms with Gasteiger partial charge in [0.2, 0.25) is 10.0 Å². The van der Waals surface area contributed by atoms with Crippen molar-refractivity contribution < 1.29 is 18.3 Å². The van der Waals surface area contributed by atoms with Gasteiger partial charge < -0.3 is 15.4 Å². The molecule has 4 aromatic rings. The molecule has 0 saturated carbocycles. The van der Waals surface area contributed by atoms with Crippen molar-refractivity contribution in [2.45, 2.75) is 12.5 Å². The van der Waals surface area contributed by atoms with Gasteiger partial charge in [-0.3, -0.25) is 9.35 Å². The molecule has 1 aliphatic rings. The van der Waals surface area contributed by atoms with Crippen LogP contribution in [0.4, 0.5) is 23.0 Å². The summed E-state index contributed by atoms with van der Waals surface area (Å²) in [6.07, 6.45) is 0.824. The summed E-state index contributed by atoms with van der Waals surface area (Å²) < 4.78 is 29.5. The first-order chi connectivity index (χ1) is 19.4. The lowest BCUT2D eigenvalue weighted by atomic mass is 10.2. The Bertz CT molecular complexity index is 1660. The number of nitrogens with zero attached hydrogens (tertiary/aromatic N) is 6. The summed E-state index contributed by atoms with van der Waals surface area (Å²) in [5, 5.41) is 14.4. The lowest BCUT2D eigenvalue weighted by Gasteiger charge is -2.22. The van der Waals surface area contributed by atoms with E-state index in [-0.39, 0.29) is 28.9 Å². The van der Waals surface area contributed by atoms with Crippen LogP contribution in [0.25, 0.3) is 11.0 Å². The van der Waals surface area contributed by atoms with E-state index < -0.39 is 17.2 Å². The maximum absolute atomic E-state index is 12.8. The van der Waals surface area contributed by atoms with Crippen LogP contribution in [-0.2, 0) is 11.3 Å². The first kappa shape index (κ1) is 27.3. The molecule has 204 valence electrons. The molecule has 2 atom stereocenters. The third-order valence-corrected chi connectivity index (χ3v) is 7.07. The SMILES string of the molecule is COc1ccc(Cl)c(Nc2nc3ccccc3nc2N(c2cccc(C(=O)N=[N+]=NC3CCNC3)c2)S(=O)O)c1. The maximum Gasteiger partial charge on any atom is 0.360 e. The molecular formula is C26H24ClN8O4S+. The summed E-state index contributed by atoms with van der Waals surface area (Å²) in [6, 6.07) is 18.2. The molecule has 2 unspecified atom stereocenters. The van der Waals surface area contributed by atoms with Crippen LogP contribution in [0.2, 0.25) is 5.02 Å². The predicted molar refractivity (Wildman–Crippen MR) is 153 cm³/mol. The van der Waals surface area contributed by atoms with E-state index in [1.807, 2.05) is 0 Å². The molecule has 0 bridgehead atoms. The van der Waals surface area contributed by atoms with Crippen molar-refractivity contribution in [3.05, 3.63) is 77.3 Å². The summed E-state index contributed by atoms with van der Waals surface area (Å²) in [5.41, 5.74) is 1.82. The minimum absolute atomic E-state index is 0.0216. The van der Waals surface area contributed by atoms with Gasteiger partial charge in [-0.25, -0.2) is 18.5 Å².